The Labute approximate surface area is 112 Å². The molecule has 1 saturated carbocycles. The van der Waals surface area contributed by atoms with E-state index in [9.17, 15) is 9.59 Å². The van der Waals surface area contributed by atoms with Gasteiger partial charge in [0.05, 0.1) is 0 Å². The van der Waals surface area contributed by atoms with E-state index in [2.05, 4.69) is 18.2 Å². The van der Waals surface area contributed by atoms with Crippen LogP contribution in [0.4, 0.5) is 4.79 Å². The van der Waals surface area contributed by atoms with Gasteiger partial charge in [0.1, 0.15) is 6.54 Å². The quantitative estimate of drug-likeness (QED) is 0.720. The SMILES string of the molecule is C=CCN(CC(=O)O)C(=O)NC1CCC(SC)C1. The molecule has 0 aromatic carbocycles. The number of nitrogens with one attached hydrogen (secondary N) is 1. The Morgan fingerprint density at radius 3 is 2.78 bits per heavy atom. The van der Waals surface area contributed by atoms with Gasteiger partial charge in [-0.15, -0.1) is 6.58 Å². The van der Waals surface area contributed by atoms with Crippen molar-refractivity contribution in [3.63, 3.8) is 0 Å². The van der Waals surface area contributed by atoms with Crippen molar-refractivity contribution in [2.24, 2.45) is 0 Å². The van der Waals surface area contributed by atoms with Crippen molar-refractivity contribution in [1.29, 1.82) is 0 Å². The third kappa shape index (κ3) is 4.60. The molecule has 0 saturated heterocycles. The fraction of sp³-hybridized carbons (Fsp3) is 0.667. The summed E-state index contributed by atoms with van der Waals surface area (Å²) in [6, 6.07) is -0.153. The Balaban J connectivity index is 2.46. The van der Waals surface area contributed by atoms with E-state index in [1.165, 1.54) is 11.0 Å². The molecule has 1 rings (SSSR count). The smallest absolute Gasteiger partial charge is 0.323 e. The number of carboxylic acids is 1. The summed E-state index contributed by atoms with van der Waals surface area (Å²) in [5.74, 6) is -1.01. The molecule has 2 N–H and O–H groups in total. The van der Waals surface area contributed by atoms with Gasteiger partial charge >= 0.3 is 12.0 Å². The monoisotopic (exact) mass is 272 g/mol. The van der Waals surface area contributed by atoms with Crippen LogP contribution in [0.15, 0.2) is 12.7 Å². The van der Waals surface area contributed by atoms with Crippen molar-refractivity contribution in [2.45, 2.75) is 30.6 Å². The fourth-order valence-electron chi connectivity index (χ4n) is 2.09. The molecule has 6 heteroatoms. The summed E-state index contributed by atoms with van der Waals surface area (Å²) in [6.07, 6.45) is 6.63. The van der Waals surface area contributed by atoms with Crippen LogP contribution < -0.4 is 5.32 Å². The van der Waals surface area contributed by atoms with Gasteiger partial charge in [-0.2, -0.15) is 11.8 Å². The van der Waals surface area contributed by atoms with Crippen molar-refractivity contribution in [3.8, 4) is 0 Å². The maximum atomic E-state index is 11.9. The zero-order chi connectivity index (χ0) is 13.5. The van der Waals surface area contributed by atoms with Crippen LogP contribution in [0.5, 0.6) is 0 Å². The molecule has 102 valence electrons. The lowest BCUT2D eigenvalue weighted by molar-refractivity contribution is -0.137. The van der Waals surface area contributed by atoms with Crippen LogP contribution in [0.2, 0.25) is 0 Å². The molecular formula is C12H20N2O3S. The van der Waals surface area contributed by atoms with E-state index in [-0.39, 0.29) is 25.2 Å². The number of hydrogen-bond acceptors (Lipinski definition) is 3. The molecule has 0 aromatic heterocycles. The standard InChI is InChI=1S/C12H20N2O3S/c1-3-6-14(8-11(15)16)12(17)13-9-4-5-10(7-9)18-2/h3,9-10H,1,4-8H2,2H3,(H,13,17)(H,15,16). The fourth-order valence-corrected chi connectivity index (χ4v) is 2.89. The molecule has 0 bridgehead atoms. The highest BCUT2D eigenvalue weighted by molar-refractivity contribution is 7.99. The van der Waals surface area contributed by atoms with Gasteiger partial charge in [0.2, 0.25) is 0 Å². The summed E-state index contributed by atoms with van der Waals surface area (Å²) in [6.45, 7) is 3.48. The van der Waals surface area contributed by atoms with E-state index in [1.54, 1.807) is 0 Å². The number of thioether (sulfide) groups is 1. The summed E-state index contributed by atoms with van der Waals surface area (Å²) in [5.41, 5.74) is 0. The minimum absolute atomic E-state index is 0.163. The third-order valence-corrected chi connectivity index (χ3v) is 4.10. The van der Waals surface area contributed by atoms with Gasteiger partial charge in [-0.05, 0) is 25.5 Å². The molecule has 2 amide bonds. The van der Waals surface area contributed by atoms with Crippen molar-refractivity contribution < 1.29 is 14.7 Å². The number of amides is 2. The summed E-state index contributed by atoms with van der Waals surface area (Å²) in [4.78, 5) is 23.8. The topological polar surface area (TPSA) is 69.6 Å². The predicted octanol–water partition coefficient (Wildman–Crippen LogP) is 1.55. The maximum absolute atomic E-state index is 11.9. The number of carboxylic acid groups (broad SMARTS) is 1. The Kier molecular flexibility index (Phi) is 6.04. The minimum Gasteiger partial charge on any atom is -0.480 e. The van der Waals surface area contributed by atoms with Crippen LogP contribution in [-0.4, -0.2) is 52.6 Å². The lowest BCUT2D eigenvalue weighted by atomic mass is 10.2. The molecule has 18 heavy (non-hydrogen) atoms. The number of carbonyl (C=O) groups excluding carboxylic acids is 1. The average Bonchev–Trinajstić information content (AvgIpc) is 2.75. The second-order valence-corrected chi connectivity index (χ2v) is 5.52. The Bertz CT molecular complexity index is 322. The van der Waals surface area contributed by atoms with Crippen LogP contribution in [0.25, 0.3) is 0 Å². The van der Waals surface area contributed by atoms with Gasteiger partial charge in [-0.25, -0.2) is 4.79 Å². The summed E-state index contributed by atoms with van der Waals surface area (Å²) >= 11 is 1.82. The minimum atomic E-state index is -1.01. The first-order chi connectivity index (χ1) is 8.56. The molecule has 2 atom stereocenters. The van der Waals surface area contributed by atoms with Crippen LogP contribution in [0.1, 0.15) is 19.3 Å². The molecule has 0 heterocycles. The number of hydrogen-bond donors (Lipinski definition) is 2. The van der Waals surface area contributed by atoms with Crippen LogP contribution in [-0.2, 0) is 4.79 Å². The lowest BCUT2D eigenvalue weighted by Crippen LogP contribution is -2.46. The number of nitrogens with zero attached hydrogens (tertiary/aromatic N) is 1. The maximum Gasteiger partial charge on any atom is 0.323 e. The van der Waals surface area contributed by atoms with Crippen LogP contribution in [0, 0.1) is 0 Å². The number of rotatable bonds is 6. The van der Waals surface area contributed by atoms with Gasteiger partial charge < -0.3 is 15.3 Å². The van der Waals surface area contributed by atoms with Crippen molar-refractivity contribution in [1.82, 2.24) is 10.2 Å². The molecule has 0 aromatic rings. The van der Waals surface area contributed by atoms with Crippen molar-refractivity contribution in [2.75, 3.05) is 19.3 Å². The van der Waals surface area contributed by atoms with Gasteiger partial charge in [0.25, 0.3) is 0 Å². The largest absolute Gasteiger partial charge is 0.480 e. The summed E-state index contributed by atoms with van der Waals surface area (Å²) < 4.78 is 0. The van der Waals surface area contributed by atoms with E-state index >= 15 is 0 Å². The van der Waals surface area contributed by atoms with Crippen molar-refractivity contribution >= 4 is 23.8 Å². The van der Waals surface area contributed by atoms with Crippen molar-refractivity contribution in [3.05, 3.63) is 12.7 Å². The second kappa shape index (κ2) is 7.31. The third-order valence-electron chi connectivity index (χ3n) is 3.01. The summed E-state index contributed by atoms with van der Waals surface area (Å²) in [5, 5.41) is 12.2. The average molecular weight is 272 g/mol. The molecule has 1 aliphatic carbocycles. The van der Waals surface area contributed by atoms with E-state index in [0.717, 1.165) is 19.3 Å². The molecule has 1 fully saturated rings. The Morgan fingerprint density at radius 2 is 2.28 bits per heavy atom. The first-order valence-corrected chi connectivity index (χ1v) is 7.26. The zero-order valence-corrected chi connectivity index (χ0v) is 11.4. The van der Waals surface area contributed by atoms with E-state index in [0.29, 0.717) is 5.25 Å². The van der Waals surface area contributed by atoms with Gasteiger partial charge in [-0.1, -0.05) is 6.08 Å². The van der Waals surface area contributed by atoms with E-state index in [4.69, 9.17) is 5.11 Å². The number of urea groups is 1. The number of aliphatic carboxylic acids is 1. The van der Waals surface area contributed by atoms with Gasteiger partial charge in [0.15, 0.2) is 0 Å². The predicted molar refractivity (Wildman–Crippen MR) is 72.9 cm³/mol. The zero-order valence-electron chi connectivity index (χ0n) is 10.6. The van der Waals surface area contributed by atoms with Crippen LogP contribution >= 0.6 is 11.8 Å². The molecular weight excluding hydrogens is 252 g/mol. The molecule has 0 radical (unpaired) electrons. The molecule has 1 aliphatic rings. The first-order valence-electron chi connectivity index (χ1n) is 5.97. The highest BCUT2D eigenvalue weighted by Crippen LogP contribution is 2.28. The molecule has 2 unspecified atom stereocenters. The van der Waals surface area contributed by atoms with Gasteiger partial charge in [-0.3, -0.25) is 4.79 Å². The normalized spacial score (nSPS) is 22.5. The Morgan fingerprint density at radius 1 is 1.56 bits per heavy atom. The van der Waals surface area contributed by atoms with Gasteiger partial charge in [0, 0.05) is 17.8 Å². The molecule has 0 spiro atoms. The lowest BCUT2D eigenvalue weighted by Gasteiger charge is -2.22. The number of carbonyl (C=O) groups is 2. The second-order valence-electron chi connectivity index (χ2n) is 4.38. The summed E-state index contributed by atoms with van der Waals surface area (Å²) in [7, 11) is 0. The first kappa shape index (κ1) is 14.9. The van der Waals surface area contributed by atoms with E-state index < -0.39 is 5.97 Å². The highest BCUT2D eigenvalue weighted by atomic mass is 32.2. The van der Waals surface area contributed by atoms with E-state index in [1.807, 2.05) is 11.8 Å². The highest BCUT2D eigenvalue weighted by Gasteiger charge is 2.26. The molecule has 0 aliphatic heterocycles. The van der Waals surface area contributed by atoms with Crippen LogP contribution in [0.3, 0.4) is 0 Å². The molecule has 5 nitrogen and oxygen atoms in total. The Hall–Kier alpha value is -1.17.